The van der Waals surface area contributed by atoms with Crippen LogP contribution in [0.3, 0.4) is 0 Å². The normalized spacial score (nSPS) is 17.7. The summed E-state index contributed by atoms with van der Waals surface area (Å²) in [5.41, 5.74) is 0. The second-order valence-electron chi connectivity index (χ2n) is 5.34. The van der Waals surface area contributed by atoms with Crippen molar-refractivity contribution in [2.75, 3.05) is 32.8 Å². The molecule has 5 nitrogen and oxygen atoms in total. The molecule has 1 atom stereocenters. The summed E-state index contributed by atoms with van der Waals surface area (Å²) in [6.45, 7) is 5.05. The Morgan fingerprint density at radius 1 is 1.23 bits per heavy atom. The molecule has 1 unspecified atom stereocenters. The van der Waals surface area contributed by atoms with Crippen molar-refractivity contribution in [3.05, 3.63) is 46.0 Å². The topological polar surface area (TPSA) is 57.9 Å². The first-order chi connectivity index (χ1) is 10.9. The summed E-state index contributed by atoms with van der Waals surface area (Å²) < 4.78 is 11.0. The van der Waals surface area contributed by atoms with Crippen molar-refractivity contribution in [1.29, 1.82) is 0 Å². The summed E-state index contributed by atoms with van der Waals surface area (Å²) in [5, 5.41) is 14.6. The summed E-state index contributed by atoms with van der Waals surface area (Å²) in [5.74, 6) is 1.47. The largest absolute Gasteiger partial charge is 0.462 e. The Hall–Kier alpha value is -1.18. The number of aliphatic hydroxyl groups is 1. The van der Waals surface area contributed by atoms with Crippen molar-refractivity contribution in [2.45, 2.75) is 19.2 Å². The van der Waals surface area contributed by atoms with Crippen LogP contribution in [-0.2, 0) is 17.9 Å². The Kier molecular flexibility index (Phi) is 5.64. The fourth-order valence-corrected chi connectivity index (χ4v) is 3.57. The third kappa shape index (κ3) is 3.97. The van der Waals surface area contributed by atoms with E-state index < -0.39 is 0 Å². The number of hydrogen-bond donors (Lipinski definition) is 2. The molecule has 1 aliphatic rings. The van der Waals surface area contributed by atoms with Crippen LogP contribution in [0.5, 0.6) is 0 Å². The minimum Gasteiger partial charge on any atom is -0.462 e. The van der Waals surface area contributed by atoms with Crippen LogP contribution in [0, 0.1) is 0 Å². The standard InChI is InChI=1S/C16H22N2O3S/c19-12-14-4-3-13(21-14)10-17-11-15(16-2-1-9-22-16)18-5-7-20-8-6-18/h1-4,9,15,17,19H,5-8,10-12H2. The SMILES string of the molecule is OCc1ccc(CNCC(c2cccs2)N2CCOCC2)o1. The van der Waals surface area contributed by atoms with Gasteiger partial charge in [-0.25, -0.2) is 0 Å². The molecule has 120 valence electrons. The lowest BCUT2D eigenvalue weighted by atomic mass is 10.2. The van der Waals surface area contributed by atoms with Gasteiger partial charge in [0, 0.05) is 24.5 Å². The van der Waals surface area contributed by atoms with E-state index in [0.717, 1.165) is 38.6 Å². The lowest BCUT2D eigenvalue weighted by molar-refractivity contribution is 0.0167. The Morgan fingerprint density at radius 3 is 2.73 bits per heavy atom. The average Bonchev–Trinajstić information content (AvgIpc) is 3.24. The molecule has 0 bridgehead atoms. The molecule has 3 rings (SSSR count). The van der Waals surface area contributed by atoms with Crippen molar-refractivity contribution in [1.82, 2.24) is 10.2 Å². The number of aliphatic hydroxyl groups excluding tert-OH is 1. The zero-order valence-corrected chi connectivity index (χ0v) is 13.3. The summed E-state index contributed by atoms with van der Waals surface area (Å²) in [7, 11) is 0. The molecule has 6 heteroatoms. The van der Waals surface area contributed by atoms with Crippen LogP contribution in [0.2, 0.25) is 0 Å². The van der Waals surface area contributed by atoms with Crippen molar-refractivity contribution >= 4 is 11.3 Å². The highest BCUT2D eigenvalue weighted by molar-refractivity contribution is 7.10. The molecule has 0 saturated carbocycles. The average molecular weight is 322 g/mol. The predicted octanol–water partition coefficient (Wildman–Crippen LogP) is 2.00. The first-order valence-corrected chi connectivity index (χ1v) is 8.49. The summed E-state index contributed by atoms with van der Waals surface area (Å²) in [4.78, 5) is 3.86. The van der Waals surface area contributed by atoms with E-state index in [9.17, 15) is 0 Å². The number of thiophene rings is 1. The molecule has 2 N–H and O–H groups in total. The van der Waals surface area contributed by atoms with E-state index in [1.807, 2.05) is 12.1 Å². The number of furan rings is 1. The number of ether oxygens (including phenoxy) is 1. The second-order valence-corrected chi connectivity index (χ2v) is 6.32. The highest BCUT2D eigenvalue weighted by atomic mass is 32.1. The number of nitrogens with zero attached hydrogens (tertiary/aromatic N) is 1. The maximum Gasteiger partial charge on any atom is 0.129 e. The quantitative estimate of drug-likeness (QED) is 0.816. The molecule has 0 radical (unpaired) electrons. The van der Waals surface area contributed by atoms with Crippen LogP contribution in [-0.4, -0.2) is 42.9 Å². The fourth-order valence-electron chi connectivity index (χ4n) is 2.71. The molecular formula is C16H22N2O3S. The zero-order chi connectivity index (χ0) is 15.2. The van der Waals surface area contributed by atoms with Gasteiger partial charge in [0.15, 0.2) is 0 Å². The number of morpholine rings is 1. The van der Waals surface area contributed by atoms with Crippen molar-refractivity contribution in [2.24, 2.45) is 0 Å². The minimum atomic E-state index is -0.0500. The van der Waals surface area contributed by atoms with E-state index >= 15 is 0 Å². The first-order valence-electron chi connectivity index (χ1n) is 7.61. The van der Waals surface area contributed by atoms with Gasteiger partial charge in [-0.1, -0.05) is 6.07 Å². The summed E-state index contributed by atoms with van der Waals surface area (Å²) in [6.07, 6.45) is 0. The van der Waals surface area contributed by atoms with Gasteiger partial charge in [0.05, 0.1) is 25.8 Å². The molecule has 1 saturated heterocycles. The van der Waals surface area contributed by atoms with Crippen molar-refractivity contribution in [3.8, 4) is 0 Å². The van der Waals surface area contributed by atoms with E-state index in [1.165, 1.54) is 4.88 Å². The molecule has 22 heavy (non-hydrogen) atoms. The highest BCUT2D eigenvalue weighted by Gasteiger charge is 2.23. The van der Waals surface area contributed by atoms with Crippen molar-refractivity contribution in [3.63, 3.8) is 0 Å². The predicted molar refractivity (Wildman–Crippen MR) is 85.8 cm³/mol. The molecule has 3 heterocycles. The van der Waals surface area contributed by atoms with Crippen LogP contribution in [0.15, 0.2) is 34.1 Å². The first kappa shape index (κ1) is 15.7. The van der Waals surface area contributed by atoms with E-state index in [-0.39, 0.29) is 6.61 Å². The van der Waals surface area contributed by atoms with Crippen LogP contribution in [0.4, 0.5) is 0 Å². The smallest absolute Gasteiger partial charge is 0.129 e. The third-order valence-electron chi connectivity index (χ3n) is 3.87. The van der Waals surface area contributed by atoms with Gasteiger partial charge in [-0.2, -0.15) is 0 Å². The van der Waals surface area contributed by atoms with Gasteiger partial charge in [-0.3, -0.25) is 4.90 Å². The Balaban J connectivity index is 1.57. The van der Waals surface area contributed by atoms with Crippen molar-refractivity contribution < 1.29 is 14.3 Å². The minimum absolute atomic E-state index is 0.0500. The molecule has 0 aromatic carbocycles. The van der Waals surface area contributed by atoms with Crippen LogP contribution < -0.4 is 5.32 Å². The maximum atomic E-state index is 9.03. The van der Waals surface area contributed by atoms with Crippen LogP contribution >= 0.6 is 11.3 Å². The summed E-state index contributed by atoms with van der Waals surface area (Å²) in [6, 6.07) is 8.40. The Labute approximate surface area is 134 Å². The Morgan fingerprint density at radius 2 is 2.05 bits per heavy atom. The Bertz CT molecular complexity index is 550. The molecular weight excluding hydrogens is 300 g/mol. The second kappa shape index (κ2) is 7.89. The maximum absolute atomic E-state index is 9.03. The molecule has 2 aromatic heterocycles. The van der Waals surface area contributed by atoms with Crippen LogP contribution in [0.1, 0.15) is 22.4 Å². The molecule has 1 aliphatic heterocycles. The number of rotatable bonds is 7. The molecule has 0 amide bonds. The van der Waals surface area contributed by atoms with Gasteiger partial charge in [0.2, 0.25) is 0 Å². The number of nitrogens with one attached hydrogen (secondary N) is 1. The molecule has 0 spiro atoms. The van der Waals surface area contributed by atoms with Gasteiger partial charge in [0.1, 0.15) is 18.1 Å². The monoisotopic (exact) mass is 322 g/mol. The van der Waals surface area contributed by atoms with Gasteiger partial charge in [-0.05, 0) is 23.6 Å². The van der Waals surface area contributed by atoms with E-state index in [1.54, 1.807) is 11.3 Å². The van der Waals surface area contributed by atoms with E-state index in [2.05, 4.69) is 27.7 Å². The molecule has 1 fully saturated rings. The number of hydrogen-bond acceptors (Lipinski definition) is 6. The van der Waals surface area contributed by atoms with E-state index in [4.69, 9.17) is 14.3 Å². The zero-order valence-electron chi connectivity index (χ0n) is 12.5. The van der Waals surface area contributed by atoms with Gasteiger partial charge >= 0.3 is 0 Å². The third-order valence-corrected chi connectivity index (χ3v) is 4.84. The van der Waals surface area contributed by atoms with Gasteiger partial charge in [-0.15, -0.1) is 11.3 Å². The molecule has 0 aliphatic carbocycles. The lowest BCUT2D eigenvalue weighted by Crippen LogP contribution is -2.42. The van der Waals surface area contributed by atoms with Crippen LogP contribution in [0.25, 0.3) is 0 Å². The fraction of sp³-hybridized carbons (Fsp3) is 0.500. The van der Waals surface area contributed by atoms with Gasteiger partial charge < -0.3 is 19.6 Å². The van der Waals surface area contributed by atoms with E-state index in [0.29, 0.717) is 18.3 Å². The molecule has 2 aromatic rings. The lowest BCUT2D eigenvalue weighted by Gasteiger charge is -2.34. The van der Waals surface area contributed by atoms with Gasteiger partial charge in [0.25, 0.3) is 0 Å². The highest BCUT2D eigenvalue weighted by Crippen LogP contribution is 2.25. The summed E-state index contributed by atoms with van der Waals surface area (Å²) >= 11 is 1.80.